The number of carbonyl (C=O) groups is 2. The van der Waals surface area contributed by atoms with Gasteiger partial charge >= 0.3 is 11.8 Å². The highest BCUT2D eigenvalue weighted by molar-refractivity contribution is 6.34. The van der Waals surface area contributed by atoms with Gasteiger partial charge in [0.25, 0.3) is 0 Å². The van der Waals surface area contributed by atoms with Crippen LogP contribution in [0.1, 0.15) is 0 Å². The number of hydrogen-bond donors (Lipinski definition) is 2. The molecule has 1 saturated heterocycles. The van der Waals surface area contributed by atoms with E-state index in [0.29, 0.717) is 0 Å². The average molecular weight is 186 g/mol. The van der Waals surface area contributed by atoms with Crippen molar-refractivity contribution in [2.24, 2.45) is 5.73 Å². The normalized spacial score (nSPS) is 19.8. The van der Waals surface area contributed by atoms with E-state index in [-0.39, 0.29) is 0 Å². The van der Waals surface area contributed by atoms with E-state index in [1.807, 2.05) is 7.05 Å². The molecule has 6 heteroatoms. The van der Waals surface area contributed by atoms with E-state index in [1.165, 1.54) is 0 Å². The van der Waals surface area contributed by atoms with Crippen LogP contribution in [0.2, 0.25) is 0 Å². The lowest BCUT2D eigenvalue weighted by Gasteiger charge is -2.31. The third-order valence-corrected chi connectivity index (χ3v) is 1.99. The summed E-state index contributed by atoms with van der Waals surface area (Å²) in [5.41, 5.74) is 7.22. The Balaban J connectivity index is 2.30. The van der Waals surface area contributed by atoms with E-state index in [0.717, 1.165) is 26.2 Å². The Morgan fingerprint density at radius 1 is 1.23 bits per heavy atom. The molecule has 2 amide bonds. The summed E-state index contributed by atoms with van der Waals surface area (Å²) in [6, 6.07) is 0. The summed E-state index contributed by atoms with van der Waals surface area (Å²) in [4.78, 5) is 23.4. The van der Waals surface area contributed by atoms with Gasteiger partial charge in [-0.25, -0.2) is 5.01 Å². The molecule has 0 radical (unpaired) electrons. The van der Waals surface area contributed by atoms with Crippen molar-refractivity contribution in [2.75, 3.05) is 33.2 Å². The average Bonchev–Trinajstić information content (AvgIpc) is 2.08. The first-order valence-corrected chi connectivity index (χ1v) is 4.13. The smallest absolute Gasteiger partial charge is 0.323 e. The molecule has 0 aliphatic carbocycles. The van der Waals surface area contributed by atoms with Crippen molar-refractivity contribution in [1.82, 2.24) is 15.3 Å². The predicted molar refractivity (Wildman–Crippen MR) is 46.4 cm³/mol. The van der Waals surface area contributed by atoms with Gasteiger partial charge in [0.15, 0.2) is 0 Å². The summed E-state index contributed by atoms with van der Waals surface area (Å²) in [5, 5.41) is 1.70. The minimum Gasteiger partial charge on any atom is -0.361 e. The van der Waals surface area contributed by atoms with E-state index >= 15 is 0 Å². The Kier molecular flexibility index (Phi) is 3.21. The number of amides is 2. The first-order chi connectivity index (χ1) is 6.09. The van der Waals surface area contributed by atoms with Gasteiger partial charge in [0, 0.05) is 26.2 Å². The molecule has 0 aromatic heterocycles. The second kappa shape index (κ2) is 4.20. The quantitative estimate of drug-likeness (QED) is 0.453. The monoisotopic (exact) mass is 186 g/mol. The fraction of sp³-hybridized carbons (Fsp3) is 0.714. The van der Waals surface area contributed by atoms with Crippen LogP contribution in [0.25, 0.3) is 0 Å². The van der Waals surface area contributed by atoms with Crippen LogP contribution in [0, 0.1) is 0 Å². The molecule has 0 bridgehead atoms. The van der Waals surface area contributed by atoms with E-state index in [2.05, 4.69) is 10.3 Å². The lowest BCUT2D eigenvalue weighted by atomic mass is 10.4. The molecule has 6 nitrogen and oxygen atoms in total. The SMILES string of the molecule is CN1CCN(NC(=O)C(N)=O)CC1. The third kappa shape index (κ3) is 3.00. The van der Waals surface area contributed by atoms with Crippen molar-refractivity contribution < 1.29 is 9.59 Å². The molecule has 1 aliphatic heterocycles. The number of hydrogen-bond acceptors (Lipinski definition) is 4. The molecule has 1 rings (SSSR count). The number of primary amides is 1. The molecule has 1 heterocycles. The fourth-order valence-electron chi connectivity index (χ4n) is 1.12. The maximum atomic E-state index is 10.9. The van der Waals surface area contributed by atoms with E-state index < -0.39 is 11.8 Å². The van der Waals surface area contributed by atoms with Crippen LogP contribution in [0.15, 0.2) is 0 Å². The standard InChI is InChI=1S/C7H14N4O2/c1-10-2-4-11(5-3-10)9-7(13)6(8)12/h2-5H2,1H3,(H2,8,12)(H,9,13). The summed E-state index contributed by atoms with van der Waals surface area (Å²) in [7, 11) is 2.01. The first-order valence-electron chi connectivity index (χ1n) is 4.13. The molecule has 0 spiro atoms. The van der Waals surface area contributed by atoms with Crippen LogP contribution < -0.4 is 11.2 Å². The Hall–Kier alpha value is -1.14. The van der Waals surface area contributed by atoms with Crippen LogP contribution in [-0.2, 0) is 9.59 Å². The van der Waals surface area contributed by atoms with Gasteiger partial charge in [-0.15, -0.1) is 0 Å². The molecule has 0 aromatic rings. The van der Waals surface area contributed by atoms with Crippen molar-refractivity contribution in [2.45, 2.75) is 0 Å². The van der Waals surface area contributed by atoms with Crippen LogP contribution in [0.4, 0.5) is 0 Å². The molecule has 1 aliphatic rings. The highest BCUT2D eigenvalue weighted by atomic mass is 16.2. The van der Waals surface area contributed by atoms with E-state index in [4.69, 9.17) is 5.73 Å². The number of hydrazine groups is 1. The summed E-state index contributed by atoms with van der Waals surface area (Å²) in [6.45, 7) is 3.18. The van der Waals surface area contributed by atoms with Gasteiger partial charge in [0.05, 0.1) is 0 Å². The molecular weight excluding hydrogens is 172 g/mol. The van der Waals surface area contributed by atoms with Crippen molar-refractivity contribution in [3.8, 4) is 0 Å². The van der Waals surface area contributed by atoms with Gasteiger partial charge in [-0.3, -0.25) is 15.0 Å². The molecule has 13 heavy (non-hydrogen) atoms. The molecule has 0 unspecified atom stereocenters. The van der Waals surface area contributed by atoms with Gasteiger partial charge < -0.3 is 10.6 Å². The lowest BCUT2D eigenvalue weighted by molar-refractivity contribution is -0.140. The Morgan fingerprint density at radius 3 is 2.23 bits per heavy atom. The van der Waals surface area contributed by atoms with Gasteiger partial charge in [-0.05, 0) is 7.05 Å². The molecular formula is C7H14N4O2. The second-order valence-electron chi connectivity index (χ2n) is 3.10. The summed E-state index contributed by atoms with van der Waals surface area (Å²) >= 11 is 0. The number of carbonyl (C=O) groups excluding carboxylic acids is 2. The summed E-state index contributed by atoms with van der Waals surface area (Å²) in [6.07, 6.45) is 0. The molecule has 1 fully saturated rings. The van der Waals surface area contributed by atoms with Crippen LogP contribution in [0.5, 0.6) is 0 Å². The van der Waals surface area contributed by atoms with E-state index in [9.17, 15) is 9.59 Å². The van der Waals surface area contributed by atoms with Gasteiger partial charge in [-0.2, -0.15) is 0 Å². The largest absolute Gasteiger partial charge is 0.361 e. The van der Waals surface area contributed by atoms with Crippen molar-refractivity contribution >= 4 is 11.8 Å². The third-order valence-electron chi connectivity index (χ3n) is 1.99. The summed E-state index contributed by atoms with van der Waals surface area (Å²) < 4.78 is 0. The van der Waals surface area contributed by atoms with Gasteiger partial charge in [-0.1, -0.05) is 0 Å². The zero-order chi connectivity index (χ0) is 9.84. The number of likely N-dealkylation sites (N-methyl/N-ethyl adjacent to an activating group) is 1. The highest BCUT2D eigenvalue weighted by Gasteiger charge is 2.17. The topological polar surface area (TPSA) is 78.7 Å². The van der Waals surface area contributed by atoms with Crippen molar-refractivity contribution in [1.29, 1.82) is 0 Å². The number of nitrogens with zero attached hydrogens (tertiary/aromatic N) is 2. The zero-order valence-corrected chi connectivity index (χ0v) is 7.62. The lowest BCUT2D eigenvalue weighted by Crippen LogP contribution is -2.54. The van der Waals surface area contributed by atoms with E-state index in [1.54, 1.807) is 5.01 Å². The maximum Gasteiger partial charge on any atom is 0.323 e. The Bertz CT molecular complexity index is 211. The molecule has 3 N–H and O–H groups in total. The minimum atomic E-state index is -0.945. The van der Waals surface area contributed by atoms with Crippen LogP contribution in [0.3, 0.4) is 0 Å². The zero-order valence-electron chi connectivity index (χ0n) is 7.62. The van der Waals surface area contributed by atoms with Crippen LogP contribution >= 0.6 is 0 Å². The van der Waals surface area contributed by atoms with Crippen LogP contribution in [-0.4, -0.2) is 54.9 Å². The molecule has 0 atom stereocenters. The molecule has 0 saturated carbocycles. The fourth-order valence-corrected chi connectivity index (χ4v) is 1.12. The predicted octanol–water partition coefficient (Wildman–Crippen LogP) is -2.25. The first kappa shape index (κ1) is 9.94. The Morgan fingerprint density at radius 2 is 1.77 bits per heavy atom. The maximum absolute atomic E-state index is 10.9. The number of nitrogens with two attached hydrogens (primary N) is 1. The highest BCUT2D eigenvalue weighted by Crippen LogP contribution is 1.94. The van der Waals surface area contributed by atoms with Crippen molar-refractivity contribution in [3.05, 3.63) is 0 Å². The number of nitrogens with one attached hydrogen (secondary N) is 1. The Labute approximate surface area is 76.6 Å². The van der Waals surface area contributed by atoms with Crippen molar-refractivity contribution in [3.63, 3.8) is 0 Å². The molecule has 0 aromatic carbocycles. The number of rotatable bonds is 1. The van der Waals surface area contributed by atoms with Gasteiger partial charge in [0.2, 0.25) is 0 Å². The second-order valence-corrected chi connectivity index (χ2v) is 3.10. The summed E-state index contributed by atoms with van der Waals surface area (Å²) in [5.74, 6) is -1.69. The minimum absolute atomic E-state index is 0.718. The van der Waals surface area contributed by atoms with Gasteiger partial charge in [0.1, 0.15) is 0 Å². The molecule has 74 valence electrons. The number of piperazine rings is 1.